The zero-order chi connectivity index (χ0) is 12.7. The second kappa shape index (κ2) is 4.34. The molecule has 0 aliphatic rings. The van der Waals surface area contributed by atoms with Gasteiger partial charge in [-0.3, -0.25) is 0 Å². The van der Waals surface area contributed by atoms with E-state index in [1.807, 2.05) is 48.5 Å². The van der Waals surface area contributed by atoms with E-state index in [2.05, 4.69) is 9.97 Å². The van der Waals surface area contributed by atoms with Gasteiger partial charge in [-0.25, -0.2) is 0 Å². The summed E-state index contributed by atoms with van der Waals surface area (Å²) in [4.78, 5) is 8.92. The van der Waals surface area contributed by atoms with E-state index in [0.29, 0.717) is 0 Å². The number of fused-ring (bicyclic) bond motifs is 2. The summed E-state index contributed by atoms with van der Waals surface area (Å²) in [5.41, 5.74) is 3.39. The number of rotatable bonds is 2. The van der Waals surface area contributed by atoms with Crippen molar-refractivity contribution in [2.75, 3.05) is 0 Å². The van der Waals surface area contributed by atoms with Crippen molar-refractivity contribution < 1.29 is 30.0 Å². The Morgan fingerprint density at radius 1 is 0.684 bits per heavy atom. The number of hydrogen-bond acceptors (Lipinski definition) is 4. The predicted molar refractivity (Wildman–Crippen MR) is 65.4 cm³/mol. The van der Waals surface area contributed by atoms with Crippen LogP contribution in [-0.2, 0) is 0 Å². The summed E-state index contributed by atoms with van der Waals surface area (Å²) in [6, 6.07) is 15.5. The first-order valence-electron chi connectivity index (χ1n) is 5.74. The van der Waals surface area contributed by atoms with Crippen LogP contribution in [0.1, 0.15) is 0 Å². The van der Waals surface area contributed by atoms with Crippen LogP contribution in [0.4, 0.5) is 0 Å². The first kappa shape index (κ1) is 11.0. The fraction of sp³-hybridized carbons (Fsp3) is 0. The zero-order valence-corrected chi connectivity index (χ0v) is 11.9. The van der Waals surface area contributed by atoms with Crippen molar-refractivity contribution in [1.29, 1.82) is 0 Å². The molecular formula is C14H8IN2O2-. The van der Waals surface area contributed by atoms with E-state index in [1.165, 1.54) is 0 Å². The van der Waals surface area contributed by atoms with Gasteiger partial charge in [0.2, 0.25) is 0 Å². The number of para-hydroxylation sites is 4. The summed E-state index contributed by atoms with van der Waals surface area (Å²) in [5, 5.41) is 0. The Hall–Kier alpha value is -1.89. The Bertz CT molecular complexity index is 728. The Balaban J connectivity index is 1.73. The Morgan fingerprint density at radius 3 is 1.63 bits per heavy atom. The number of oxazole rings is 2. The molecule has 0 spiro atoms. The summed E-state index contributed by atoms with van der Waals surface area (Å²) in [6.45, 7) is 0. The fourth-order valence-electron chi connectivity index (χ4n) is 1.84. The van der Waals surface area contributed by atoms with E-state index in [9.17, 15) is 0 Å². The molecule has 0 aliphatic heterocycles. The van der Waals surface area contributed by atoms with Crippen LogP contribution in [-0.4, -0.2) is 9.97 Å². The van der Waals surface area contributed by atoms with Gasteiger partial charge in [0.05, 0.1) is 0 Å². The molecule has 0 amide bonds. The van der Waals surface area contributed by atoms with E-state index in [-0.39, 0.29) is 0 Å². The van der Waals surface area contributed by atoms with Gasteiger partial charge < -0.3 is 0 Å². The topological polar surface area (TPSA) is 52.1 Å². The Labute approximate surface area is 118 Å². The third-order valence-corrected chi connectivity index (χ3v) is 4.54. The van der Waals surface area contributed by atoms with Crippen LogP contribution in [0.25, 0.3) is 22.2 Å². The van der Waals surface area contributed by atoms with E-state index < -0.39 is 21.2 Å². The number of halogens is 1. The average Bonchev–Trinajstić information content (AvgIpc) is 3.00. The minimum atomic E-state index is -0.623. The summed E-state index contributed by atoms with van der Waals surface area (Å²) in [6.07, 6.45) is 0. The van der Waals surface area contributed by atoms with Gasteiger partial charge in [0.1, 0.15) is 0 Å². The standard InChI is InChI=1S/C14H8IN2O2/c1-3-7-11-9(5-1)16-13(18-11)15-14-17-10-6-2-4-8-12(10)19-14/h1-8H/q-1. The van der Waals surface area contributed by atoms with Crippen molar-refractivity contribution >= 4 is 22.2 Å². The van der Waals surface area contributed by atoms with Crippen molar-refractivity contribution in [2.45, 2.75) is 0 Å². The molecule has 19 heavy (non-hydrogen) atoms. The maximum absolute atomic E-state index is 5.71. The SMILES string of the molecule is c1ccc2oc([I-]c3nc4ccccc4o3)nc2c1. The molecule has 0 bridgehead atoms. The van der Waals surface area contributed by atoms with Crippen molar-refractivity contribution in [2.24, 2.45) is 0 Å². The molecular weight excluding hydrogens is 355 g/mol. The van der Waals surface area contributed by atoms with E-state index in [0.717, 1.165) is 30.0 Å². The third-order valence-electron chi connectivity index (χ3n) is 2.70. The molecule has 2 aromatic carbocycles. The van der Waals surface area contributed by atoms with Crippen LogP contribution in [0.3, 0.4) is 0 Å². The monoisotopic (exact) mass is 363 g/mol. The fourth-order valence-corrected chi connectivity index (χ4v) is 3.69. The second-order valence-corrected chi connectivity index (χ2v) is 6.35. The molecule has 0 aliphatic carbocycles. The van der Waals surface area contributed by atoms with Gasteiger partial charge in [0, 0.05) is 0 Å². The van der Waals surface area contributed by atoms with Crippen LogP contribution in [0.15, 0.2) is 57.4 Å². The number of benzene rings is 2. The van der Waals surface area contributed by atoms with Gasteiger partial charge in [-0.2, -0.15) is 0 Å². The van der Waals surface area contributed by atoms with Gasteiger partial charge in [-0.1, -0.05) is 0 Å². The van der Waals surface area contributed by atoms with Crippen molar-refractivity contribution in [1.82, 2.24) is 9.97 Å². The van der Waals surface area contributed by atoms with Crippen LogP contribution >= 0.6 is 0 Å². The molecule has 94 valence electrons. The normalized spacial score (nSPS) is 11.6. The molecule has 0 radical (unpaired) electrons. The Kier molecular flexibility index (Phi) is 2.51. The molecule has 0 atom stereocenters. The molecule has 4 rings (SSSR count). The van der Waals surface area contributed by atoms with Crippen LogP contribution < -0.4 is 21.2 Å². The van der Waals surface area contributed by atoms with Crippen molar-refractivity contribution in [3.05, 3.63) is 56.3 Å². The first-order valence-corrected chi connectivity index (χ1v) is 7.90. The second-order valence-electron chi connectivity index (χ2n) is 3.96. The van der Waals surface area contributed by atoms with Gasteiger partial charge in [-0.15, -0.1) is 0 Å². The molecule has 0 N–H and O–H groups in total. The van der Waals surface area contributed by atoms with Crippen LogP contribution in [0, 0.1) is 7.79 Å². The van der Waals surface area contributed by atoms with Gasteiger partial charge in [-0.05, 0) is 0 Å². The van der Waals surface area contributed by atoms with Crippen LogP contribution in [0.2, 0.25) is 0 Å². The third kappa shape index (κ3) is 1.99. The summed E-state index contributed by atoms with van der Waals surface area (Å²) in [5.74, 6) is 0. The molecule has 4 nitrogen and oxygen atoms in total. The molecule has 5 heteroatoms. The van der Waals surface area contributed by atoms with E-state index in [1.54, 1.807) is 0 Å². The van der Waals surface area contributed by atoms with Crippen LogP contribution in [0.5, 0.6) is 0 Å². The zero-order valence-electron chi connectivity index (χ0n) is 9.71. The average molecular weight is 363 g/mol. The predicted octanol–water partition coefficient (Wildman–Crippen LogP) is 0.0974. The van der Waals surface area contributed by atoms with Gasteiger partial charge >= 0.3 is 119 Å². The molecule has 0 fully saturated rings. The van der Waals surface area contributed by atoms with E-state index >= 15 is 0 Å². The van der Waals surface area contributed by atoms with Gasteiger partial charge in [0.25, 0.3) is 0 Å². The quantitative estimate of drug-likeness (QED) is 0.474. The number of nitrogens with zero attached hydrogens (tertiary/aromatic N) is 2. The number of hydrogen-bond donors (Lipinski definition) is 0. The molecule has 0 saturated carbocycles. The Morgan fingerprint density at radius 2 is 1.16 bits per heavy atom. The van der Waals surface area contributed by atoms with Crippen molar-refractivity contribution in [3.8, 4) is 0 Å². The molecule has 2 aromatic heterocycles. The maximum atomic E-state index is 5.71. The minimum absolute atomic E-state index is 0.623. The molecule has 0 saturated heterocycles. The van der Waals surface area contributed by atoms with Crippen molar-refractivity contribution in [3.63, 3.8) is 0 Å². The molecule has 0 unspecified atom stereocenters. The summed E-state index contributed by atoms with van der Waals surface area (Å²) >= 11 is -0.623. The first-order chi connectivity index (χ1) is 9.38. The summed E-state index contributed by atoms with van der Waals surface area (Å²) in [7, 11) is 0. The van der Waals surface area contributed by atoms with E-state index in [4.69, 9.17) is 8.83 Å². The van der Waals surface area contributed by atoms with Gasteiger partial charge in [0.15, 0.2) is 0 Å². The molecule has 2 heterocycles. The molecule has 4 aromatic rings. The summed E-state index contributed by atoms with van der Waals surface area (Å²) < 4.78 is 12.9. The number of aromatic nitrogens is 2.